The van der Waals surface area contributed by atoms with Crippen molar-refractivity contribution in [2.45, 2.75) is 25.0 Å². The highest BCUT2D eigenvalue weighted by Crippen LogP contribution is 2.43. The first-order valence-corrected chi connectivity index (χ1v) is 10.9. The Morgan fingerprint density at radius 3 is 2.53 bits per heavy atom. The summed E-state index contributed by atoms with van der Waals surface area (Å²) in [6.07, 6.45) is 0.970. The van der Waals surface area contributed by atoms with Crippen molar-refractivity contribution in [2.75, 3.05) is 13.1 Å². The van der Waals surface area contributed by atoms with Gasteiger partial charge in [0, 0.05) is 23.0 Å². The van der Waals surface area contributed by atoms with Gasteiger partial charge in [0.2, 0.25) is 5.91 Å². The molecule has 2 aliphatic heterocycles. The van der Waals surface area contributed by atoms with Crippen LogP contribution >= 0.6 is 27.5 Å². The summed E-state index contributed by atoms with van der Waals surface area (Å²) in [6, 6.07) is 10.8. The molecule has 0 aromatic heterocycles. The van der Waals surface area contributed by atoms with Gasteiger partial charge in [0.05, 0.1) is 11.6 Å². The Morgan fingerprint density at radius 1 is 1.25 bits per heavy atom. The van der Waals surface area contributed by atoms with Gasteiger partial charge in [-0.3, -0.25) is 4.79 Å². The minimum atomic E-state index is -3.04. The van der Waals surface area contributed by atoms with E-state index >= 15 is 0 Å². The van der Waals surface area contributed by atoms with Crippen molar-refractivity contribution in [3.8, 4) is 5.75 Å². The molecule has 32 heavy (non-hydrogen) atoms. The number of hydrazone groups is 1. The zero-order chi connectivity index (χ0) is 23.0. The first-order valence-electron chi connectivity index (χ1n) is 9.69. The highest BCUT2D eigenvalue weighted by atomic mass is 79.9. The van der Waals surface area contributed by atoms with Crippen LogP contribution in [-0.4, -0.2) is 47.3 Å². The molecule has 168 valence electrons. The minimum Gasteiger partial charge on any atom is -0.433 e. The number of nitrogens with zero attached hydrogens (tertiary/aromatic N) is 3. The summed E-state index contributed by atoms with van der Waals surface area (Å²) in [5.41, 5.74) is 5.94. The summed E-state index contributed by atoms with van der Waals surface area (Å²) in [7, 11) is 0. The molecule has 3 amide bonds. The summed E-state index contributed by atoms with van der Waals surface area (Å²) in [5.74, 6) is -0.314. The van der Waals surface area contributed by atoms with E-state index in [2.05, 4.69) is 25.8 Å². The normalized spacial score (nSPS) is 20.8. The maximum Gasteiger partial charge on any atom is 0.387 e. The molecular weight excluding hydrogens is 510 g/mol. The molecule has 4 rings (SSSR count). The van der Waals surface area contributed by atoms with Crippen molar-refractivity contribution in [3.05, 3.63) is 63.1 Å². The molecule has 1 unspecified atom stereocenters. The smallest absolute Gasteiger partial charge is 0.387 e. The number of alkyl halides is 2. The van der Waals surface area contributed by atoms with Gasteiger partial charge in [0.15, 0.2) is 0 Å². The molecule has 2 N–H and O–H groups in total. The molecule has 1 atom stereocenters. The van der Waals surface area contributed by atoms with Crippen LogP contribution in [0, 0.1) is 0 Å². The zero-order valence-corrected chi connectivity index (χ0v) is 18.9. The van der Waals surface area contributed by atoms with Crippen molar-refractivity contribution in [1.82, 2.24) is 9.91 Å². The summed E-state index contributed by atoms with van der Waals surface area (Å²) in [4.78, 5) is 26.7. The molecule has 2 aromatic carbocycles. The molecule has 11 heteroatoms. The monoisotopic (exact) mass is 526 g/mol. The number of rotatable bonds is 5. The Labute approximate surface area is 195 Å². The Kier molecular flexibility index (Phi) is 6.09. The third-order valence-corrected chi connectivity index (χ3v) is 6.35. The van der Waals surface area contributed by atoms with Crippen LogP contribution in [0.5, 0.6) is 5.75 Å². The highest BCUT2D eigenvalue weighted by molar-refractivity contribution is 9.10. The predicted molar refractivity (Wildman–Crippen MR) is 118 cm³/mol. The van der Waals surface area contributed by atoms with E-state index in [-0.39, 0.29) is 23.2 Å². The fourth-order valence-corrected chi connectivity index (χ4v) is 4.65. The maximum atomic E-state index is 12.9. The lowest BCUT2D eigenvalue weighted by Gasteiger charge is -2.40. The topological polar surface area (TPSA) is 88.2 Å². The summed E-state index contributed by atoms with van der Waals surface area (Å²) in [5, 5.41) is 5.51. The van der Waals surface area contributed by atoms with Crippen molar-refractivity contribution in [1.29, 1.82) is 0 Å². The number of carbonyl (C=O) groups is 2. The standard InChI is InChI=1S/C21H18BrClF2N4O3/c22-14-6-3-12(4-7-14)18-21(11-29(27-18)20(26)31,28-9-1-2-17(28)30)13-5-8-16(15(23)10-13)32-19(24)25/h3-8,10,19H,1-2,9,11H2,(H2,26,31). The van der Waals surface area contributed by atoms with Crippen LogP contribution in [0.3, 0.4) is 0 Å². The Morgan fingerprint density at radius 2 is 1.97 bits per heavy atom. The second-order valence-corrected chi connectivity index (χ2v) is 8.71. The van der Waals surface area contributed by atoms with E-state index < -0.39 is 18.2 Å². The van der Waals surface area contributed by atoms with Gasteiger partial charge in [-0.2, -0.15) is 13.9 Å². The van der Waals surface area contributed by atoms with Crippen LogP contribution in [0.4, 0.5) is 13.6 Å². The first kappa shape index (κ1) is 22.5. The van der Waals surface area contributed by atoms with Crippen molar-refractivity contribution in [2.24, 2.45) is 10.8 Å². The number of amides is 3. The molecule has 0 saturated carbocycles. The quantitative estimate of drug-likeness (QED) is 0.628. The third kappa shape index (κ3) is 3.93. The lowest BCUT2D eigenvalue weighted by Crippen LogP contribution is -2.55. The molecule has 0 spiro atoms. The van der Waals surface area contributed by atoms with Gasteiger partial charge in [-0.05, 0) is 36.2 Å². The second-order valence-electron chi connectivity index (χ2n) is 7.38. The molecule has 2 heterocycles. The molecule has 2 aromatic rings. The minimum absolute atomic E-state index is 0.0369. The van der Waals surface area contributed by atoms with E-state index in [1.165, 1.54) is 12.1 Å². The van der Waals surface area contributed by atoms with Gasteiger partial charge in [-0.1, -0.05) is 45.7 Å². The molecule has 0 aliphatic carbocycles. The average Bonchev–Trinajstić information content (AvgIpc) is 3.34. The maximum absolute atomic E-state index is 12.9. The predicted octanol–water partition coefficient (Wildman–Crippen LogP) is 4.32. The summed E-state index contributed by atoms with van der Waals surface area (Å²) >= 11 is 9.65. The van der Waals surface area contributed by atoms with E-state index in [9.17, 15) is 18.4 Å². The van der Waals surface area contributed by atoms with Crippen LogP contribution in [0.15, 0.2) is 52.0 Å². The number of hydrogen-bond acceptors (Lipinski definition) is 4. The van der Waals surface area contributed by atoms with Crippen LogP contribution in [-0.2, 0) is 10.3 Å². The molecule has 0 bridgehead atoms. The molecule has 0 radical (unpaired) electrons. The summed E-state index contributed by atoms with van der Waals surface area (Å²) in [6.45, 7) is -2.65. The number of hydrogen-bond donors (Lipinski definition) is 1. The van der Waals surface area contributed by atoms with Gasteiger partial charge in [0.1, 0.15) is 17.0 Å². The number of halogens is 4. The van der Waals surface area contributed by atoms with E-state index in [0.29, 0.717) is 36.2 Å². The second kappa shape index (κ2) is 8.67. The molecule has 1 fully saturated rings. The van der Waals surface area contributed by atoms with Crippen LogP contribution < -0.4 is 10.5 Å². The number of likely N-dealkylation sites (tertiary alicyclic amines) is 1. The van der Waals surface area contributed by atoms with Gasteiger partial charge in [-0.25, -0.2) is 9.80 Å². The number of primary amides is 1. The van der Waals surface area contributed by atoms with Crippen molar-refractivity contribution in [3.63, 3.8) is 0 Å². The Bertz CT molecular complexity index is 1100. The zero-order valence-electron chi connectivity index (χ0n) is 16.6. The number of benzene rings is 2. The van der Waals surface area contributed by atoms with Crippen molar-refractivity contribution < 1.29 is 23.1 Å². The van der Waals surface area contributed by atoms with Gasteiger partial charge >= 0.3 is 12.6 Å². The van der Waals surface area contributed by atoms with E-state index in [4.69, 9.17) is 17.3 Å². The SMILES string of the molecule is NC(=O)N1CC(c2ccc(OC(F)F)c(Cl)c2)(N2CCCC2=O)C(c2ccc(Br)cc2)=N1. The largest absolute Gasteiger partial charge is 0.433 e. The van der Waals surface area contributed by atoms with E-state index in [1.807, 2.05) is 12.1 Å². The lowest BCUT2D eigenvalue weighted by atomic mass is 9.80. The van der Waals surface area contributed by atoms with Gasteiger partial charge < -0.3 is 15.4 Å². The molecule has 7 nitrogen and oxygen atoms in total. The highest BCUT2D eigenvalue weighted by Gasteiger charge is 2.53. The van der Waals surface area contributed by atoms with Crippen LogP contribution in [0.25, 0.3) is 0 Å². The number of urea groups is 1. The first-order chi connectivity index (χ1) is 15.2. The van der Waals surface area contributed by atoms with Crippen molar-refractivity contribution >= 4 is 45.2 Å². The molecule has 1 saturated heterocycles. The molecular formula is C21H18BrClF2N4O3. The van der Waals surface area contributed by atoms with Gasteiger partial charge in [-0.15, -0.1) is 0 Å². The fourth-order valence-electron chi connectivity index (χ4n) is 4.16. The number of nitrogens with two attached hydrogens (primary N) is 1. The lowest BCUT2D eigenvalue weighted by molar-refractivity contribution is -0.131. The van der Waals surface area contributed by atoms with E-state index in [1.54, 1.807) is 23.1 Å². The Hall–Kier alpha value is -2.72. The molecule has 2 aliphatic rings. The fraction of sp³-hybridized carbons (Fsp3) is 0.286. The third-order valence-electron chi connectivity index (χ3n) is 5.52. The number of ether oxygens (including phenoxy) is 1. The average molecular weight is 528 g/mol. The summed E-state index contributed by atoms with van der Waals surface area (Å²) < 4.78 is 30.7. The van der Waals surface area contributed by atoms with Crippen LogP contribution in [0.1, 0.15) is 24.0 Å². The van der Waals surface area contributed by atoms with Gasteiger partial charge in [0.25, 0.3) is 0 Å². The number of carbonyl (C=O) groups excluding carboxylic acids is 2. The van der Waals surface area contributed by atoms with E-state index in [0.717, 1.165) is 9.48 Å². The van der Waals surface area contributed by atoms with Crippen LogP contribution in [0.2, 0.25) is 5.02 Å². The Balaban J connectivity index is 1.92.